The standard InChI is InChI=1S/C13H19N3O2/c1-14-13(17)11-4-5-12(15-10-11)18-9-8-16-6-2-3-7-16/h4-5,10H,2-3,6-9H2,1H3,(H,14,17). The number of nitrogens with zero attached hydrogens (tertiary/aromatic N) is 2. The molecule has 0 saturated carbocycles. The van der Waals surface area contributed by atoms with Crippen molar-refractivity contribution in [2.75, 3.05) is 33.3 Å². The number of carbonyl (C=O) groups is 1. The van der Waals surface area contributed by atoms with Gasteiger partial charge in [-0.3, -0.25) is 9.69 Å². The van der Waals surface area contributed by atoms with Gasteiger partial charge in [-0.2, -0.15) is 0 Å². The van der Waals surface area contributed by atoms with E-state index in [1.54, 1.807) is 19.2 Å². The zero-order valence-corrected chi connectivity index (χ0v) is 10.7. The van der Waals surface area contributed by atoms with Gasteiger partial charge in [-0.15, -0.1) is 0 Å². The Morgan fingerprint density at radius 2 is 2.22 bits per heavy atom. The van der Waals surface area contributed by atoms with E-state index < -0.39 is 0 Å². The van der Waals surface area contributed by atoms with Crippen LogP contribution in [0.25, 0.3) is 0 Å². The van der Waals surface area contributed by atoms with Crippen LogP contribution in [0.5, 0.6) is 5.88 Å². The molecule has 5 nitrogen and oxygen atoms in total. The summed E-state index contributed by atoms with van der Waals surface area (Å²) in [5.74, 6) is 0.438. The molecule has 1 aromatic heterocycles. The third kappa shape index (κ3) is 3.43. The van der Waals surface area contributed by atoms with Gasteiger partial charge in [0.25, 0.3) is 5.91 Å². The van der Waals surface area contributed by atoms with Gasteiger partial charge in [0.2, 0.25) is 5.88 Å². The predicted molar refractivity (Wildman–Crippen MR) is 68.8 cm³/mol. The van der Waals surface area contributed by atoms with Gasteiger partial charge in [-0.1, -0.05) is 0 Å². The van der Waals surface area contributed by atoms with Crippen molar-refractivity contribution in [3.05, 3.63) is 23.9 Å². The number of ether oxygens (including phenoxy) is 1. The van der Waals surface area contributed by atoms with Gasteiger partial charge in [0, 0.05) is 25.9 Å². The highest BCUT2D eigenvalue weighted by molar-refractivity contribution is 5.93. The van der Waals surface area contributed by atoms with E-state index in [9.17, 15) is 4.79 Å². The number of pyridine rings is 1. The lowest BCUT2D eigenvalue weighted by Gasteiger charge is -2.14. The highest BCUT2D eigenvalue weighted by atomic mass is 16.5. The molecule has 1 aliphatic rings. The Hall–Kier alpha value is -1.62. The summed E-state index contributed by atoms with van der Waals surface area (Å²) in [6.45, 7) is 3.93. The van der Waals surface area contributed by atoms with Gasteiger partial charge in [0.1, 0.15) is 6.61 Å². The van der Waals surface area contributed by atoms with Crippen molar-refractivity contribution in [3.63, 3.8) is 0 Å². The van der Waals surface area contributed by atoms with Gasteiger partial charge < -0.3 is 10.1 Å². The first-order valence-electron chi connectivity index (χ1n) is 6.33. The predicted octanol–water partition coefficient (Wildman–Crippen LogP) is 0.916. The summed E-state index contributed by atoms with van der Waals surface area (Å²) < 4.78 is 5.55. The van der Waals surface area contributed by atoms with E-state index in [1.165, 1.54) is 32.1 Å². The van der Waals surface area contributed by atoms with Crippen molar-refractivity contribution < 1.29 is 9.53 Å². The Labute approximate surface area is 107 Å². The smallest absolute Gasteiger partial charge is 0.252 e. The molecule has 1 saturated heterocycles. The first kappa shape index (κ1) is 12.8. The molecule has 5 heteroatoms. The number of aromatic nitrogens is 1. The van der Waals surface area contributed by atoms with Crippen LogP contribution < -0.4 is 10.1 Å². The molecule has 2 rings (SSSR count). The van der Waals surface area contributed by atoms with Gasteiger partial charge >= 0.3 is 0 Å². The van der Waals surface area contributed by atoms with Crippen molar-refractivity contribution in [1.29, 1.82) is 0 Å². The van der Waals surface area contributed by atoms with E-state index in [0.717, 1.165) is 6.54 Å². The van der Waals surface area contributed by atoms with Gasteiger partial charge in [0.05, 0.1) is 5.56 Å². The van der Waals surface area contributed by atoms with Gasteiger partial charge in [-0.25, -0.2) is 4.98 Å². The van der Waals surface area contributed by atoms with Gasteiger partial charge in [0.15, 0.2) is 0 Å². The van der Waals surface area contributed by atoms with Crippen LogP contribution in [0, 0.1) is 0 Å². The van der Waals surface area contributed by atoms with Crippen molar-refractivity contribution in [2.24, 2.45) is 0 Å². The largest absolute Gasteiger partial charge is 0.476 e. The molecule has 1 fully saturated rings. The minimum atomic E-state index is -0.133. The fourth-order valence-corrected chi connectivity index (χ4v) is 2.03. The Kier molecular flexibility index (Phi) is 4.52. The molecule has 0 unspecified atom stereocenters. The van der Waals surface area contributed by atoms with Crippen molar-refractivity contribution in [1.82, 2.24) is 15.2 Å². The number of hydrogen-bond acceptors (Lipinski definition) is 4. The number of carbonyl (C=O) groups excluding carboxylic acids is 1. The number of amides is 1. The van der Waals surface area contributed by atoms with E-state index in [-0.39, 0.29) is 5.91 Å². The molecule has 0 spiro atoms. The van der Waals surface area contributed by atoms with Crippen LogP contribution in [0.15, 0.2) is 18.3 Å². The molecule has 2 heterocycles. The summed E-state index contributed by atoms with van der Waals surface area (Å²) in [6, 6.07) is 3.45. The lowest BCUT2D eigenvalue weighted by molar-refractivity contribution is 0.0962. The molecule has 1 aromatic rings. The van der Waals surface area contributed by atoms with E-state index in [0.29, 0.717) is 18.1 Å². The van der Waals surface area contributed by atoms with E-state index >= 15 is 0 Å². The molecular formula is C13H19N3O2. The van der Waals surface area contributed by atoms with E-state index in [2.05, 4.69) is 15.2 Å². The summed E-state index contributed by atoms with van der Waals surface area (Å²) in [6.07, 6.45) is 4.11. The minimum Gasteiger partial charge on any atom is -0.476 e. The molecule has 1 aliphatic heterocycles. The molecule has 18 heavy (non-hydrogen) atoms. The van der Waals surface area contributed by atoms with E-state index in [1.807, 2.05) is 0 Å². The second-order valence-electron chi connectivity index (χ2n) is 4.36. The zero-order chi connectivity index (χ0) is 12.8. The van der Waals surface area contributed by atoms with Crippen molar-refractivity contribution in [3.8, 4) is 5.88 Å². The molecule has 0 aromatic carbocycles. The molecule has 1 amide bonds. The van der Waals surface area contributed by atoms with Crippen LogP contribution in [0.1, 0.15) is 23.2 Å². The van der Waals surface area contributed by atoms with Crippen LogP contribution in [-0.2, 0) is 0 Å². The van der Waals surface area contributed by atoms with Crippen LogP contribution in [-0.4, -0.2) is 49.1 Å². The second kappa shape index (κ2) is 6.35. The average Bonchev–Trinajstić information content (AvgIpc) is 2.92. The summed E-state index contributed by atoms with van der Waals surface area (Å²) >= 11 is 0. The maximum atomic E-state index is 11.3. The summed E-state index contributed by atoms with van der Waals surface area (Å²) in [5, 5.41) is 2.55. The zero-order valence-electron chi connectivity index (χ0n) is 10.7. The summed E-state index contributed by atoms with van der Waals surface area (Å²) in [7, 11) is 1.60. The molecule has 0 radical (unpaired) electrons. The molecule has 0 bridgehead atoms. The maximum absolute atomic E-state index is 11.3. The Balaban J connectivity index is 1.77. The lowest BCUT2D eigenvalue weighted by atomic mass is 10.3. The average molecular weight is 249 g/mol. The highest BCUT2D eigenvalue weighted by Gasteiger charge is 2.11. The fraction of sp³-hybridized carbons (Fsp3) is 0.538. The van der Waals surface area contributed by atoms with Crippen LogP contribution in [0.3, 0.4) is 0 Å². The first-order chi connectivity index (χ1) is 8.79. The molecular weight excluding hydrogens is 230 g/mol. The van der Waals surface area contributed by atoms with Crippen LogP contribution in [0.4, 0.5) is 0 Å². The minimum absolute atomic E-state index is 0.133. The number of rotatable bonds is 5. The fourth-order valence-electron chi connectivity index (χ4n) is 2.03. The monoisotopic (exact) mass is 249 g/mol. The summed E-state index contributed by atoms with van der Waals surface area (Å²) in [4.78, 5) is 17.8. The lowest BCUT2D eigenvalue weighted by Crippen LogP contribution is -2.25. The number of likely N-dealkylation sites (tertiary alicyclic amines) is 1. The van der Waals surface area contributed by atoms with E-state index in [4.69, 9.17) is 4.74 Å². The molecule has 1 N–H and O–H groups in total. The number of hydrogen-bond donors (Lipinski definition) is 1. The third-order valence-corrected chi connectivity index (χ3v) is 3.08. The van der Waals surface area contributed by atoms with Crippen LogP contribution >= 0.6 is 0 Å². The molecule has 0 aliphatic carbocycles. The SMILES string of the molecule is CNC(=O)c1ccc(OCCN2CCCC2)nc1. The second-order valence-corrected chi connectivity index (χ2v) is 4.36. The maximum Gasteiger partial charge on any atom is 0.252 e. The first-order valence-corrected chi connectivity index (χ1v) is 6.33. The quantitative estimate of drug-likeness (QED) is 0.843. The summed E-state index contributed by atoms with van der Waals surface area (Å²) in [5.41, 5.74) is 0.546. The van der Waals surface area contributed by atoms with Gasteiger partial charge in [-0.05, 0) is 32.0 Å². The highest BCUT2D eigenvalue weighted by Crippen LogP contribution is 2.09. The Morgan fingerprint density at radius 3 is 2.83 bits per heavy atom. The topological polar surface area (TPSA) is 54.5 Å². The van der Waals surface area contributed by atoms with Crippen molar-refractivity contribution in [2.45, 2.75) is 12.8 Å². The molecule has 98 valence electrons. The van der Waals surface area contributed by atoms with Crippen LogP contribution in [0.2, 0.25) is 0 Å². The normalized spacial score (nSPS) is 15.6. The van der Waals surface area contributed by atoms with Crippen molar-refractivity contribution >= 4 is 5.91 Å². The molecule has 0 atom stereocenters. The Morgan fingerprint density at radius 1 is 1.44 bits per heavy atom. The Bertz CT molecular complexity index is 386. The third-order valence-electron chi connectivity index (χ3n) is 3.08. The number of nitrogens with one attached hydrogen (secondary N) is 1.